The number of aromatic nitrogens is 2. The van der Waals surface area contributed by atoms with Gasteiger partial charge in [0.1, 0.15) is 5.75 Å². The molecule has 1 aliphatic rings. The van der Waals surface area contributed by atoms with Crippen molar-refractivity contribution in [1.82, 2.24) is 10.2 Å². The van der Waals surface area contributed by atoms with Gasteiger partial charge in [-0.2, -0.15) is 5.10 Å². The molecule has 0 saturated heterocycles. The average molecular weight is 321 g/mol. The van der Waals surface area contributed by atoms with Crippen LogP contribution >= 0.6 is 0 Å². The molecule has 1 aliphatic carbocycles. The minimum absolute atomic E-state index is 0.0755. The van der Waals surface area contributed by atoms with E-state index in [2.05, 4.69) is 15.5 Å². The number of rotatable bonds is 4. The normalized spacial score (nSPS) is 14.4. The Hall–Kier alpha value is -2.82. The first-order valence-electron chi connectivity index (χ1n) is 8.18. The summed E-state index contributed by atoms with van der Waals surface area (Å²) < 4.78 is 5.28. The maximum Gasteiger partial charge on any atom is 0.228 e. The number of nitrogens with zero attached hydrogens (tertiary/aromatic N) is 1. The minimum Gasteiger partial charge on any atom is -0.497 e. The summed E-state index contributed by atoms with van der Waals surface area (Å²) in [6.07, 6.45) is 3.10. The van der Waals surface area contributed by atoms with Gasteiger partial charge in [-0.25, -0.2) is 0 Å². The summed E-state index contributed by atoms with van der Waals surface area (Å²) in [5.74, 6) is 1.66. The van der Waals surface area contributed by atoms with Gasteiger partial charge >= 0.3 is 0 Å². The second kappa shape index (κ2) is 6.00. The average Bonchev–Trinajstić information content (AvgIpc) is 2.95. The molecule has 2 aromatic carbocycles. The first kappa shape index (κ1) is 14.8. The lowest BCUT2D eigenvalue weighted by molar-refractivity contribution is -0.122. The zero-order valence-electron chi connectivity index (χ0n) is 13.5. The Labute approximate surface area is 140 Å². The predicted octanol–water partition coefficient (Wildman–Crippen LogP) is 3.98. The van der Waals surface area contributed by atoms with Gasteiger partial charge in [-0.3, -0.25) is 9.89 Å². The molecule has 5 nitrogen and oxygen atoms in total. The van der Waals surface area contributed by atoms with Crippen LogP contribution in [0.25, 0.3) is 22.0 Å². The number of nitrogens with one attached hydrogen (secondary N) is 2. The monoisotopic (exact) mass is 321 g/mol. The molecule has 5 heteroatoms. The van der Waals surface area contributed by atoms with E-state index in [4.69, 9.17) is 4.74 Å². The lowest BCUT2D eigenvalue weighted by Gasteiger charge is -2.23. The Morgan fingerprint density at radius 1 is 1.21 bits per heavy atom. The van der Waals surface area contributed by atoms with Crippen molar-refractivity contribution in [2.24, 2.45) is 5.92 Å². The number of H-pyrrole nitrogens is 1. The first-order chi connectivity index (χ1) is 11.7. The topological polar surface area (TPSA) is 67.0 Å². The number of aromatic amines is 1. The van der Waals surface area contributed by atoms with Crippen LogP contribution in [0.4, 0.5) is 5.82 Å². The molecule has 0 atom stereocenters. The molecule has 0 spiro atoms. The van der Waals surface area contributed by atoms with Crippen LogP contribution in [0.15, 0.2) is 42.5 Å². The molecule has 1 heterocycles. The summed E-state index contributed by atoms with van der Waals surface area (Å²) in [5, 5.41) is 11.1. The lowest BCUT2D eigenvalue weighted by atomic mass is 9.85. The van der Waals surface area contributed by atoms with Gasteiger partial charge in [0, 0.05) is 11.3 Å². The molecule has 1 aromatic heterocycles. The highest BCUT2D eigenvalue weighted by Crippen LogP contribution is 2.31. The number of ether oxygens (including phenoxy) is 1. The first-order valence-corrected chi connectivity index (χ1v) is 8.18. The second-order valence-electron chi connectivity index (χ2n) is 6.18. The Balaban J connectivity index is 1.63. The van der Waals surface area contributed by atoms with E-state index in [1.165, 1.54) is 0 Å². The molecule has 0 unspecified atom stereocenters. The van der Waals surface area contributed by atoms with Gasteiger partial charge in [0.05, 0.1) is 12.6 Å². The third kappa shape index (κ3) is 2.62. The Morgan fingerprint density at radius 3 is 2.79 bits per heavy atom. The van der Waals surface area contributed by atoms with Gasteiger partial charge < -0.3 is 10.1 Å². The van der Waals surface area contributed by atoms with Gasteiger partial charge in [-0.15, -0.1) is 0 Å². The van der Waals surface area contributed by atoms with Crippen LogP contribution in [0, 0.1) is 5.92 Å². The van der Waals surface area contributed by atoms with Crippen LogP contribution in [0.2, 0.25) is 0 Å². The highest BCUT2D eigenvalue weighted by atomic mass is 16.5. The minimum atomic E-state index is 0.0755. The number of fused-ring (bicyclic) bond motifs is 1. The molecule has 1 amide bonds. The van der Waals surface area contributed by atoms with Crippen molar-refractivity contribution in [3.63, 3.8) is 0 Å². The third-order valence-corrected chi connectivity index (χ3v) is 4.68. The molecule has 4 rings (SSSR count). The predicted molar refractivity (Wildman–Crippen MR) is 94.1 cm³/mol. The van der Waals surface area contributed by atoms with Crippen LogP contribution in [0.5, 0.6) is 5.75 Å². The van der Waals surface area contributed by atoms with E-state index < -0.39 is 0 Å². The van der Waals surface area contributed by atoms with Crippen LogP contribution in [-0.4, -0.2) is 23.2 Å². The van der Waals surface area contributed by atoms with Crippen molar-refractivity contribution in [1.29, 1.82) is 0 Å². The summed E-state index contributed by atoms with van der Waals surface area (Å²) in [4.78, 5) is 12.1. The standard InChI is InChI=1S/C19H19N3O2/c1-24-15-7-3-6-13(10-15)14-8-9-16-17(11-14)21-22-18(16)20-19(23)12-4-2-5-12/h3,6-12H,2,4-5H2,1H3,(H2,20,21,22,23). The fourth-order valence-electron chi connectivity index (χ4n) is 2.99. The summed E-state index contributed by atoms with van der Waals surface area (Å²) >= 11 is 0. The number of anilines is 1. The van der Waals surface area contributed by atoms with Crippen molar-refractivity contribution in [3.8, 4) is 16.9 Å². The number of benzene rings is 2. The summed E-state index contributed by atoms with van der Waals surface area (Å²) in [6, 6.07) is 14.0. The molecule has 0 aliphatic heterocycles. The number of amides is 1. The molecule has 2 N–H and O–H groups in total. The third-order valence-electron chi connectivity index (χ3n) is 4.68. The fraction of sp³-hybridized carbons (Fsp3) is 0.263. The van der Waals surface area contributed by atoms with Crippen molar-refractivity contribution in [2.45, 2.75) is 19.3 Å². The SMILES string of the molecule is COc1cccc(-c2ccc3c(NC(=O)C4CCC4)n[nH]c3c2)c1. The maximum atomic E-state index is 12.1. The second-order valence-corrected chi connectivity index (χ2v) is 6.18. The number of hydrogen-bond acceptors (Lipinski definition) is 3. The fourth-order valence-corrected chi connectivity index (χ4v) is 2.99. The number of carbonyl (C=O) groups is 1. The smallest absolute Gasteiger partial charge is 0.228 e. The molecule has 1 saturated carbocycles. The van der Waals surface area contributed by atoms with Gasteiger partial charge in [0.25, 0.3) is 0 Å². The summed E-state index contributed by atoms with van der Waals surface area (Å²) in [5.41, 5.74) is 3.05. The van der Waals surface area contributed by atoms with E-state index in [-0.39, 0.29) is 11.8 Å². The number of hydrogen-bond donors (Lipinski definition) is 2. The van der Waals surface area contributed by atoms with E-state index in [0.717, 1.165) is 47.0 Å². The van der Waals surface area contributed by atoms with Gasteiger partial charge in [-0.1, -0.05) is 24.6 Å². The molecule has 24 heavy (non-hydrogen) atoms. The van der Waals surface area contributed by atoms with E-state index in [0.29, 0.717) is 5.82 Å². The van der Waals surface area contributed by atoms with Crippen LogP contribution in [0.1, 0.15) is 19.3 Å². The van der Waals surface area contributed by atoms with E-state index in [9.17, 15) is 4.79 Å². The zero-order chi connectivity index (χ0) is 16.5. The van der Waals surface area contributed by atoms with Crippen LogP contribution in [-0.2, 0) is 4.79 Å². The summed E-state index contributed by atoms with van der Waals surface area (Å²) in [7, 11) is 1.66. The van der Waals surface area contributed by atoms with Crippen LogP contribution in [0.3, 0.4) is 0 Å². The summed E-state index contributed by atoms with van der Waals surface area (Å²) in [6.45, 7) is 0. The zero-order valence-corrected chi connectivity index (χ0v) is 13.5. The molecule has 1 fully saturated rings. The lowest BCUT2D eigenvalue weighted by Crippen LogP contribution is -2.28. The molecule has 0 bridgehead atoms. The molecule has 122 valence electrons. The van der Waals surface area contributed by atoms with Crippen molar-refractivity contribution < 1.29 is 9.53 Å². The Morgan fingerprint density at radius 2 is 2.04 bits per heavy atom. The highest BCUT2D eigenvalue weighted by Gasteiger charge is 2.26. The van der Waals surface area contributed by atoms with Gasteiger partial charge in [0.15, 0.2) is 5.82 Å². The Bertz CT molecular complexity index is 897. The largest absolute Gasteiger partial charge is 0.497 e. The molecule has 0 radical (unpaired) electrons. The Kier molecular flexibility index (Phi) is 3.69. The molecular weight excluding hydrogens is 302 g/mol. The van der Waals surface area contributed by atoms with Gasteiger partial charge in [0.2, 0.25) is 5.91 Å². The van der Waals surface area contributed by atoms with Crippen molar-refractivity contribution in [2.75, 3.05) is 12.4 Å². The quantitative estimate of drug-likeness (QED) is 0.764. The van der Waals surface area contributed by atoms with E-state index in [1.807, 2.05) is 42.5 Å². The maximum absolute atomic E-state index is 12.1. The van der Waals surface area contributed by atoms with Crippen LogP contribution < -0.4 is 10.1 Å². The van der Waals surface area contributed by atoms with Gasteiger partial charge in [-0.05, 0) is 48.2 Å². The van der Waals surface area contributed by atoms with E-state index in [1.54, 1.807) is 7.11 Å². The van der Waals surface area contributed by atoms with E-state index >= 15 is 0 Å². The number of methoxy groups -OCH3 is 1. The molecular formula is C19H19N3O2. The highest BCUT2D eigenvalue weighted by molar-refractivity contribution is 6.01. The van der Waals surface area contributed by atoms with Crippen molar-refractivity contribution in [3.05, 3.63) is 42.5 Å². The molecule has 3 aromatic rings. The van der Waals surface area contributed by atoms with Crippen molar-refractivity contribution >= 4 is 22.6 Å². The number of carbonyl (C=O) groups excluding carboxylic acids is 1.